The van der Waals surface area contributed by atoms with Crippen LogP contribution in [0.4, 0.5) is 0 Å². The van der Waals surface area contributed by atoms with Crippen LogP contribution in [-0.2, 0) is 6.54 Å². The first-order valence-electron chi connectivity index (χ1n) is 10.4. The van der Waals surface area contributed by atoms with Crippen LogP contribution in [0.15, 0.2) is 72.8 Å². The molecule has 0 aliphatic rings. The van der Waals surface area contributed by atoms with Gasteiger partial charge in [0.15, 0.2) is 0 Å². The molecule has 1 atom stereocenters. The van der Waals surface area contributed by atoms with Gasteiger partial charge in [-0.2, -0.15) is 0 Å². The molecule has 0 amide bonds. The lowest BCUT2D eigenvalue weighted by molar-refractivity contribution is 0.242. The molecule has 30 heavy (non-hydrogen) atoms. The van der Waals surface area contributed by atoms with Crippen molar-refractivity contribution < 1.29 is 9.47 Å². The molecule has 0 unspecified atom stereocenters. The fourth-order valence-electron chi connectivity index (χ4n) is 3.59. The average molecular weight is 424 g/mol. The van der Waals surface area contributed by atoms with Crippen molar-refractivity contribution in [3.63, 3.8) is 0 Å². The molecule has 0 aliphatic heterocycles. The second kappa shape index (κ2) is 11.1. The molecular formula is C26H30ClNO2. The minimum Gasteiger partial charge on any atom is -0.496 e. The third-order valence-corrected chi connectivity index (χ3v) is 5.27. The zero-order valence-corrected chi connectivity index (χ0v) is 18.7. The second-order valence-electron chi connectivity index (χ2n) is 7.62. The molecule has 0 saturated heterocycles. The summed E-state index contributed by atoms with van der Waals surface area (Å²) in [5.41, 5.74) is 3.68. The smallest absolute Gasteiger partial charge is 0.122 e. The van der Waals surface area contributed by atoms with E-state index < -0.39 is 0 Å². The molecule has 3 aromatic carbocycles. The molecule has 0 heterocycles. The van der Waals surface area contributed by atoms with Crippen molar-refractivity contribution in [3.8, 4) is 11.5 Å². The summed E-state index contributed by atoms with van der Waals surface area (Å²) in [6.07, 6.45) is 1.12. The normalized spacial score (nSPS) is 12.0. The van der Waals surface area contributed by atoms with E-state index in [9.17, 15) is 0 Å². The number of para-hydroxylation sites is 1. The van der Waals surface area contributed by atoms with Gasteiger partial charge >= 0.3 is 0 Å². The Hall–Kier alpha value is -2.49. The molecule has 3 rings (SSSR count). The van der Waals surface area contributed by atoms with Crippen molar-refractivity contribution in [2.24, 2.45) is 0 Å². The average Bonchev–Trinajstić information content (AvgIpc) is 2.75. The maximum absolute atomic E-state index is 5.98. The predicted octanol–water partition coefficient (Wildman–Crippen LogP) is 6.45. The summed E-state index contributed by atoms with van der Waals surface area (Å²) in [5, 5.41) is 4.32. The molecule has 0 fully saturated rings. The Morgan fingerprint density at radius 1 is 0.900 bits per heavy atom. The van der Waals surface area contributed by atoms with E-state index in [0.29, 0.717) is 0 Å². The number of halogens is 1. The van der Waals surface area contributed by atoms with Crippen LogP contribution in [0.5, 0.6) is 11.5 Å². The Balaban J connectivity index is 1.73. The van der Waals surface area contributed by atoms with Crippen molar-refractivity contribution in [2.45, 2.75) is 38.8 Å². The van der Waals surface area contributed by atoms with Gasteiger partial charge in [0.25, 0.3) is 0 Å². The van der Waals surface area contributed by atoms with Crippen LogP contribution < -0.4 is 14.8 Å². The van der Waals surface area contributed by atoms with Gasteiger partial charge in [-0.3, -0.25) is 0 Å². The first-order valence-corrected chi connectivity index (χ1v) is 10.8. The summed E-state index contributed by atoms with van der Waals surface area (Å²) in [7, 11) is 1.73. The molecule has 0 aliphatic carbocycles. The zero-order valence-electron chi connectivity index (χ0n) is 17.9. The first-order chi connectivity index (χ1) is 14.6. The van der Waals surface area contributed by atoms with Gasteiger partial charge in [-0.25, -0.2) is 0 Å². The summed E-state index contributed by atoms with van der Waals surface area (Å²) < 4.78 is 11.5. The quantitative estimate of drug-likeness (QED) is 0.380. The molecule has 3 nitrogen and oxygen atoms in total. The fraction of sp³-hybridized carbons (Fsp3) is 0.308. The summed E-state index contributed by atoms with van der Waals surface area (Å²) >= 11 is 5.98. The predicted molar refractivity (Wildman–Crippen MR) is 125 cm³/mol. The highest BCUT2D eigenvalue weighted by Gasteiger charge is 2.18. The standard InChI is InChI=1S/C26H30ClNO2/c1-19(2)30-23-14-10-21(11-15-23)24(25-6-4-5-7-26(25)29-3)16-17-28-18-20-8-12-22(27)13-9-20/h4-15,19,24,28H,16-18H2,1-3H3/t24-/m0/s1. The van der Waals surface area contributed by atoms with Crippen molar-refractivity contribution in [1.29, 1.82) is 0 Å². The van der Waals surface area contributed by atoms with Gasteiger partial charge in [-0.05, 0) is 68.3 Å². The molecule has 1 N–H and O–H groups in total. The largest absolute Gasteiger partial charge is 0.496 e. The topological polar surface area (TPSA) is 30.5 Å². The highest BCUT2D eigenvalue weighted by molar-refractivity contribution is 6.30. The van der Waals surface area contributed by atoms with Crippen LogP contribution in [0.1, 0.15) is 42.9 Å². The summed E-state index contributed by atoms with van der Waals surface area (Å²) in [4.78, 5) is 0. The van der Waals surface area contributed by atoms with Gasteiger partial charge in [-0.1, -0.05) is 54.1 Å². The number of rotatable bonds is 10. The fourth-order valence-corrected chi connectivity index (χ4v) is 3.71. The van der Waals surface area contributed by atoms with Crippen LogP contribution in [0.3, 0.4) is 0 Å². The van der Waals surface area contributed by atoms with E-state index in [0.717, 1.165) is 36.0 Å². The highest BCUT2D eigenvalue weighted by atomic mass is 35.5. The number of benzene rings is 3. The van der Waals surface area contributed by atoms with E-state index in [4.69, 9.17) is 21.1 Å². The first kappa shape index (κ1) is 22.2. The Bertz CT molecular complexity index is 907. The highest BCUT2D eigenvalue weighted by Crippen LogP contribution is 2.35. The van der Waals surface area contributed by atoms with Crippen molar-refractivity contribution in [2.75, 3.05) is 13.7 Å². The van der Waals surface area contributed by atoms with E-state index in [1.807, 2.05) is 38.1 Å². The van der Waals surface area contributed by atoms with E-state index in [1.54, 1.807) is 7.11 Å². The van der Waals surface area contributed by atoms with Gasteiger partial charge < -0.3 is 14.8 Å². The van der Waals surface area contributed by atoms with Crippen LogP contribution in [0, 0.1) is 0 Å². The van der Waals surface area contributed by atoms with Crippen LogP contribution in [0.2, 0.25) is 5.02 Å². The van der Waals surface area contributed by atoms with Crippen LogP contribution >= 0.6 is 11.6 Å². The van der Waals surface area contributed by atoms with E-state index in [1.165, 1.54) is 16.7 Å². The van der Waals surface area contributed by atoms with Crippen LogP contribution in [0.25, 0.3) is 0 Å². The number of ether oxygens (including phenoxy) is 2. The van der Waals surface area contributed by atoms with Gasteiger partial charge in [0.05, 0.1) is 13.2 Å². The van der Waals surface area contributed by atoms with Gasteiger partial charge in [0, 0.05) is 23.0 Å². The minimum atomic E-state index is 0.165. The van der Waals surface area contributed by atoms with E-state index >= 15 is 0 Å². The number of hydrogen-bond acceptors (Lipinski definition) is 3. The Labute approximate surface area is 185 Å². The zero-order chi connectivity index (χ0) is 21.3. The maximum Gasteiger partial charge on any atom is 0.122 e. The summed E-state index contributed by atoms with van der Waals surface area (Å²) in [5.74, 6) is 2.04. The SMILES string of the molecule is COc1ccccc1[C@@H](CCNCc1ccc(Cl)cc1)c1ccc(OC(C)C)cc1. The summed E-state index contributed by atoms with van der Waals surface area (Å²) in [6.45, 7) is 5.78. The van der Waals surface area contributed by atoms with E-state index in [2.05, 4.69) is 53.8 Å². The van der Waals surface area contributed by atoms with Crippen LogP contribution in [-0.4, -0.2) is 19.8 Å². The molecule has 0 aromatic heterocycles. The van der Waals surface area contributed by atoms with Gasteiger partial charge in [0.2, 0.25) is 0 Å². The number of methoxy groups -OCH3 is 1. The Kier molecular flexibility index (Phi) is 8.18. The molecule has 3 aromatic rings. The maximum atomic E-state index is 5.98. The van der Waals surface area contributed by atoms with Gasteiger partial charge in [-0.15, -0.1) is 0 Å². The molecule has 0 saturated carbocycles. The lowest BCUT2D eigenvalue weighted by Crippen LogP contribution is -2.18. The number of hydrogen-bond donors (Lipinski definition) is 1. The third kappa shape index (κ3) is 6.25. The molecular weight excluding hydrogens is 394 g/mol. The Morgan fingerprint density at radius 2 is 1.60 bits per heavy atom. The molecule has 0 spiro atoms. The minimum absolute atomic E-state index is 0.165. The molecule has 4 heteroatoms. The molecule has 158 valence electrons. The lowest BCUT2D eigenvalue weighted by atomic mass is 9.88. The number of nitrogens with one attached hydrogen (secondary N) is 1. The van der Waals surface area contributed by atoms with Crippen molar-refractivity contribution >= 4 is 11.6 Å². The molecule has 0 radical (unpaired) electrons. The third-order valence-electron chi connectivity index (χ3n) is 5.02. The van der Waals surface area contributed by atoms with Gasteiger partial charge in [0.1, 0.15) is 11.5 Å². The summed E-state index contributed by atoms with van der Waals surface area (Å²) in [6, 6.07) is 24.7. The lowest BCUT2D eigenvalue weighted by Gasteiger charge is -2.21. The monoisotopic (exact) mass is 423 g/mol. The molecule has 0 bridgehead atoms. The van der Waals surface area contributed by atoms with E-state index in [-0.39, 0.29) is 12.0 Å². The van der Waals surface area contributed by atoms with Crippen molar-refractivity contribution in [1.82, 2.24) is 5.32 Å². The van der Waals surface area contributed by atoms with Crippen molar-refractivity contribution in [3.05, 3.63) is 94.5 Å². The second-order valence-corrected chi connectivity index (χ2v) is 8.06. The Morgan fingerprint density at radius 3 is 2.27 bits per heavy atom.